The van der Waals surface area contributed by atoms with Gasteiger partial charge in [-0.2, -0.15) is 17.8 Å². The summed E-state index contributed by atoms with van der Waals surface area (Å²) in [6.45, 7) is 6.74. The zero-order chi connectivity index (χ0) is 21.1. The minimum Gasteiger partial charge on any atom is -0.493 e. The minimum absolute atomic E-state index is 0.0710. The van der Waals surface area contributed by atoms with E-state index in [2.05, 4.69) is 24.3 Å². The molecule has 2 aromatic rings. The van der Waals surface area contributed by atoms with Crippen LogP contribution in [0.1, 0.15) is 37.0 Å². The third kappa shape index (κ3) is 5.23. The highest BCUT2D eigenvalue weighted by molar-refractivity contribution is 6.30. The van der Waals surface area contributed by atoms with E-state index in [1.807, 2.05) is 0 Å². The topological polar surface area (TPSA) is 79.5 Å². The zero-order valence-corrected chi connectivity index (χ0v) is 16.5. The molecular weight excluding hydrogens is 399 g/mol. The Labute approximate surface area is 165 Å². The van der Waals surface area contributed by atoms with Crippen molar-refractivity contribution in [1.29, 1.82) is 0 Å². The summed E-state index contributed by atoms with van der Waals surface area (Å²) in [6.07, 6.45) is -3.35. The summed E-state index contributed by atoms with van der Waals surface area (Å²) < 4.78 is 44.8. The first kappa shape index (κ1) is 22.2. The molecule has 10 heteroatoms. The average Bonchev–Trinajstić information content (AvgIpc) is 2.77. The van der Waals surface area contributed by atoms with Crippen LogP contribution in [0.2, 0.25) is 5.15 Å². The molecule has 0 aromatic carbocycles. The van der Waals surface area contributed by atoms with Crippen molar-refractivity contribution >= 4 is 17.4 Å². The molecule has 3 N–H and O–H groups in total. The van der Waals surface area contributed by atoms with Gasteiger partial charge in [-0.3, -0.25) is 5.43 Å². The summed E-state index contributed by atoms with van der Waals surface area (Å²) in [7, 11) is 0. The SMILES string of the molecule is Cc1c(CCOCCC(C)C)c(O)n(Nc2ccc(C(F)(F)F)c(Cl)n2)c1O. The second-order valence-electron chi connectivity index (χ2n) is 6.78. The molecular formula is C18H23ClF3N3O3. The molecule has 6 nitrogen and oxygen atoms in total. The molecule has 2 rings (SSSR count). The van der Waals surface area contributed by atoms with Gasteiger partial charge in [0.2, 0.25) is 11.8 Å². The van der Waals surface area contributed by atoms with E-state index in [0.29, 0.717) is 36.7 Å². The van der Waals surface area contributed by atoms with E-state index in [1.165, 1.54) is 0 Å². The molecule has 0 aliphatic heterocycles. The number of aromatic hydroxyl groups is 2. The molecule has 156 valence electrons. The number of rotatable bonds is 8. The molecule has 0 fully saturated rings. The lowest BCUT2D eigenvalue weighted by atomic mass is 10.1. The van der Waals surface area contributed by atoms with Crippen LogP contribution >= 0.6 is 11.6 Å². The van der Waals surface area contributed by atoms with Crippen LogP contribution in [0.15, 0.2) is 12.1 Å². The molecule has 0 amide bonds. The van der Waals surface area contributed by atoms with Crippen LogP contribution in [-0.4, -0.2) is 33.1 Å². The summed E-state index contributed by atoms with van der Waals surface area (Å²) in [5, 5.41) is 19.9. The summed E-state index contributed by atoms with van der Waals surface area (Å²) in [5.74, 6) is -0.112. The lowest BCUT2D eigenvalue weighted by Gasteiger charge is -2.12. The third-order valence-corrected chi connectivity index (χ3v) is 4.49. The van der Waals surface area contributed by atoms with Crippen molar-refractivity contribution in [3.8, 4) is 11.8 Å². The smallest absolute Gasteiger partial charge is 0.419 e. The first-order valence-corrected chi connectivity index (χ1v) is 9.10. The maximum Gasteiger partial charge on any atom is 0.419 e. The second kappa shape index (κ2) is 8.91. The van der Waals surface area contributed by atoms with Crippen molar-refractivity contribution in [2.45, 2.75) is 39.8 Å². The van der Waals surface area contributed by atoms with Gasteiger partial charge in [0, 0.05) is 24.2 Å². The number of nitrogens with zero attached hydrogens (tertiary/aromatic N) is 2. The van der Waals surface area contributed by atoms with E-state index in [4.69, 9.17) is 16.3 Å². The fourth-order valence-electron chi connectivity index (χ4n) is 2.53. The molecule has 0 saturated carbocycles. The maximum atomic E-state index is 12.8. The lowest BCUT2D eigenvalue weighted by molar-refractivity contribution is -0.137. The summed E-state index contributed by atoms with van der Waals surface area (Å²) >= 11 is 5.59. The molecule has 0 aliphatic carbocycles. The van der Waals surface area contributed by atoms with Crippen LogP contribution < -0.4 is 5.43 Å². The van der Waals surface area contributed by atoms with E-state index in [0.717, 1.165) is 23.2 Å². The van der Waals surface area contributed by atoms with E-state index >= 15 is 0 Å². The van der Waals surface area contributed by atoms with Crippen molar-refractivity contribution < 1.29 is 28.1 Å². The predicted octanol–water partition coefficient (Wildman–Crippen LogP) is 4.76. The quantitative estimate of drug-likeness (QED) is 0.423. The predicted molar refractivity (Wildman–Crippen MR) is 99.7 cm³/mol. The maximum absolute atomic E-state index is 12.8. The molecule has 0 radical (unpaired) electrons. The molecule has 28 heavy (non-hydrogen) atoms. The fourth-order valence-corrected chi connectivity index (χ4v) is 2.79. The first-order valence-electron chi connectivity index (χ1n) is 8.73. The molecule has 0 spiro atoms. The van der Waals surface area contributed by atoms with Crippen molar-refractivity contribution in [3.63, 3.8) is 0 Å². The van der Waals surface area contributed by atoms with Crippen molar-refractivity contribution in [3.05, 3.63) is 34.0 Å². The number of pyridine rings is 1. The number of ether oxygens (including phenoxy) is 1. The van der Waals surface area contributed by atoms with Gasteiger partial charge < -0.3 is 14.9 Å². The van der Waals surface area contributed by atoms with Crippen molar-refractivity contribution in [2.24, 2.45) is 5.92 Å². The van der Waals surface area contributed by atoms with Crippen molar-refractivity contribution in [2.75, 3.05) is 18.6 Å². The highest BCUT2D eigenvalue weighted by atomic mass is 35.5. The van der Waals surface area contributed by atoms with Gasteiger partial charge in [0.15, 0.2) is 0 Å². The van der Waals surface area contributed by atoms with Gasteiger partial charge in [-0.1, -0.05) is 25.4 Å². The van der Waals surface area contributed by atoms with Gasteiger partial charge >= 0.3 is 6.18 Å². The Morgan fingerprint density at radius 3 is 2.46 bits per heavy atom. The van der Waals surface area contributed by atoms with Crippen LogP contribution in [0.4, 0.5) is 19.0 Å². The first-order chi connectivity index (χ1) is 13.0. The Balaban J connectivity index is 2.13. The van der Waals surface area contributed by atoms with Gasteiger partial charge in [-0.25, -0.2) is 4.98 Å². The monoisotopic (exact) mass is 421 g/mol. The molecule has 0 saturated heterocycles. The van der Waals surface area contributed by atoms with Gasteiger partial charge in [0.25, 0.3) is 0 Å². The van der Waals surface area contributed by atoms with Gasteiger partial charge in [0.1, 0.15) is 11.0 Å². The number of hydrogen-bond acceptors (Lipinski definition) is 5. The Bertz CT molecular complexity index is 823. The molecule has 2 aromatic heterocycles. The van der Waals surface area contributed by atoms with Crippen LogP contribution in [0.5, 0.6) is 11.8 Å². The largest absolute Gasteiger partial charge is 0.493 e. The molecule has 0 aliphatic rings. The lowest BCUT2D eigenvalue weighted by Crippen LogP contribution is -2.12. The standard InChI is InChI=1S/C18H23ClF3N3O3/c1-10(2)6-8-28-9-7-12-11(3)16(26)25(17(12)27)24-14-5-4-13(15(19)23-14)18(20,21)22/h4-5,10,26-27H,6-9H2,1-3H3,(H,23,24). The minimum atomic E-state index is -4.63. The van der Waals surface area contributed by atoms with Gasteiger partial charge in [0.05, 0.1) is 12.2 Å². The van der Waals surface area contributed by atoms with Gasteiger partial charge in [-0.05, 0) is 31.4 Å². The Hall–Kier alpha value is -2.13. The van der Waals surface area contributed by atoms with Crippen LogP contribution in [0.3, 0.4) is 0 Å². The van der Waals surface area contributed by atoms with Gasteiger partial charge in [-0.15, -0.1) is 0 Å². The second-order valence-corrected chi connectivity index (χ2v) is 7.13. The Morgan fingerprint density at radius 2 is 1.89 bits per heavy atom. The van der Waals surface area contributed by atoms with Crippen LogP contribution in [0, 0.1) is 12.8 Å². The Kier molecular flexibility index (Phi) is 7.06. The van der Waals surface area contributed by atoms with Crippen LogP contribution in [0.25, 0.3) is 0 Å². The Morgan fingerprint density at radius 1 is 1.21 bits per heavy atom. The normalized spacial score (nSPS) is 12.0. The number of nitrogens with one attached hydrogen (secondary N) is 1. The van der Waals surface area contributed by atoms with E-state index < -0.39 is 16.9 Å². The van der Waals surface area contributed by atoms with Crippen LogP contribution in [-0.2, 0) is 17.3 Å². The summed E-state index contributed by atoms with van der Waals surface area (Å²) in [5.41, 5.74) is 2.37. The highest BCUT2D eigenvalue weighted by Gasteiger charge is 2.34. The third-order valence-electron chi connectivity index (χ3n) is 4.20. The number of hydrogen-bond donors (Lipinski definition) is 3. The van der Waals surface area contributed by atoms with Crippen molar-refractivity contribution in [1.82, 2.24) is 9.66 Å². The summed E-state index contributed by atoms with van der Waals surface area (Å²) in [6, 6.07) is 1.82. The number of alkyl halides is 3. The fraction of sp³-hybridized carbons (Fsp3) is 0.500. The van der Waals surface area contributed by atoms with E-state index in [1.54, 1.807) is 6.92 Å². The number of anilines is 1. The molecule has 0 bridgehead atoms. The highest BCUT2D eigenvalue weighted by Crippen LogP contribution is 2.36. The van der Waals surface area contributed by atoms with E-state index in [9.17, 15) is 23.4 Å². The molecule has 2 heterocycles. The van der Waals surface area contributed by atoms with E-state index in [-0.39, 0.29) is 17.6 Å². The molecule has 0 atom stereocenters. The molecule has 0 unspecified atom stereocenters. The number of aromatic nitrogens is 2. The average molecular weight is 422 g/mol. The zero-order valence-electron chi connectivity index (χ0n) is 15.8. The number of halogens is 4. The summed E-state index contributed by atoms with van der Waals surface area (Å²) in [4.78, 5) is 3.63.